The molecule has 2 aromatic heterocycles. The van der Waals surface area contributed by atoms with E-state index in [1.165, 1.54) is 17.1 Å². The predicted molar refractivity (Wildman–Crippen MR) is 104 cm³/mol. The van der Waals surface area contributed by atoms with Gasteiger partial charge in [-0.25, -0.2) is 25.2 Å². The van der Waals surface area contributed by atoms with Crippen molar-refractivity contribution in [3.8, 4) is 11.5 Å². The van der Waals surface area contributed by atoms with Crippen LogP contribution in [0.15, 0.2) is 36.9 Å². The molecule has 140 valence electrons. The van der Waals surface area contributed by atoms with Gasteiger partial charge in [0.1, 0.15) is 35.5 Å². The predicted octanol–water partition coefficient (Wildman–Crippen LogP) is 1.55. The second-order valence-electron chi connectivity index (χ2n) is 5.99. The van der Waals surface area contributed by atoms with Crippen molar-refractivity contribution in [1.82, 2.24) is 19.3 Å². The molecule has 27 heavy (non-hydrogen) atoms. The number of nitrogens with zero attached hydrogens (tertiary/aromatic N) is 5. The van der Waals surface area contributed by atoms with Crippen LogP contribution < -0.4 is 21.7 Å². The lowest BCUT2D eigenvalue weighted by atomic mass is 10.2. The molecule has 4 aromatic rings. The second kappa shape index (κ2) is 6.25. The summed E-state index contributed by atoms with van der Waals surface area (Å²) >= 11 is 0. The monoisotopic (exact) mass is 368 g/mol. The van der Waals surface area contributed by atoms with Crippen molar-refractivity contribution in [3.05, 3.63) is 36.9 Å². The molecule has 2 heterocycles. The first-order valence-electron chi connectivity index (χ1n) is 8.40. The summed E-state index contributed by atoms with van der Waals surface area (Å²) in [6, 6.07) is 6.46. The lowest BCUT2D eigenvalue weighted by Gasteiger charge is -2.21. The first kappa shape index (κ1) is 16.8. The van der Waals surface area contributed by atoms with Crippen LogP contribution in [0.5, 0.6) is 11.5 Å². The topological polar surface area (TPSA) is 129 Å². The molecule has 0 aliphatic rings. The maximum Gasteiger partial charge on any atom is 0.143 e. The number of nitrogens with two attached hydrogens (primary N) is 1. The van der Waals surface area contributed by atoms with Gasteiger partial charge in [0.05, 0.1) is 22.1 Å². The minimum atomic E-state index is -0.0500. The fourth-order valence-electron chi connectivity index (χ4n) is 3.06. The molecule has 0 saturated carbocycles. The highest BCUT2D eigenvalue weighted by Gasteiger charge is 2.18. The molecule has 0 saturated heterocycles. The number of benzene rings is 2. The average molecular weight is 368 g/mol. The number of aromatic nitrogens is 4. The van der Waals surface area contributed by atoms with Gasteiger partial charge in [-0.2, -0.15) is 0 Å². The molecule has 0 atom stereocenters. The van der Waals surface area contributed by atoms with E-state index in [2.05, 4.69) is 20.8 Å². The zero-order chi connectivity index (χ0) is 19.1. The third-order valence-electron chi connectivity index (χ3n) is 4.38. The van der Waals surface area contributed by atoms with E-state index in [0.29, 0.717) is 29.0 Å². The van der Waals surface area contributed by atoms with Crippen molar-refractivity contribution in [2.45, 2.75) is 6.92 Å². The van der Waals surface area contributed by atoms with Crippen molar-refractivity contribution in [2.75, 3.05) is 29.5 Å². The van der Waals surface area contributed by atoms with Crippen molar-refractivity contribution < 1.29 is 10.2 Å². The second-order valence-corrected chi connectivity index (χ2v) is 5.99. The summed E-state index contributed by atoms with van der Waals surface area (Å²) in [6.45, 7) is 2.68. The van der Waals surface area contributed by atoms with Crippen LogP contribution in [0.3, 0.4) is 0 Å². The van der Waals surface area contributed by atoms with E-state index >= 15 is 0 Å². The highest BCUT2D eigenvalue weighted by atomic mass is 16.3. The number of hydrogen-bond donors (Lipinski definition) is 5. The summed E-state index contributed by atoms with van der Waals surface area (Å²) in [4.78, 5) is 8.48. The zero-order valence-electron chi connectivity index (χ0n) is 14.9. The molecule has 2 aromatic carbocycles. The Bertz CT molecular complexity index is 1130. The lowest BCUT2D eigenvalue weighted by molar-refractivity contribution is 0.471. The first-order chi connectivity index (χ1) is 13.0. The summed E-state index contributed by atoms with van der Waals surface area (Å²) in [5.41, 5.74) is 9.49. The van der Waals surface area contributed by atoms with Gasteiger partial charge in [-0.1, -0.05) is 0 Å². The Hall–Kier alpha value is -3.66. The molecule has 0 spiro atoms. The van der Waals surface area contributed by atoms with E-state index in [0.717, 1.165) is 11.0 Å². The number of fused-ring (bicyclic) bond motifs is 2. The smallest absolute Gasteiger partial charge is 0.143 e. The molecule has 0 radical (unpaired) electrons. The molecule has 0 aliphatic heterocycles. The van der Waals surface area contributed by atoms with Crippen LogP contribution in [0.4, 0.5) is 11.4 Å². The number of hydrazine groups is 1. The number of phenolic OH excluding ortho intramolecular Hbond substituents is 2. The van der Waals surface area contributed by atoms with Gasteiger partial charge in [-0.15, -0.1) is 0 Å². The quantitative estimate of drug-likeness (QED) is 0.265. The molecular formula is C17H20N8O2. The average Bonchev–Trinajstić information content (AvgIpc) is 3.23. The number of rotatable bonds is 5. The normalized spacial score (nSPS) is 11.2. The molecule has 4 rings (SSSR count). The zero-order valence-corrected chi connectivity index (χ0v) is 14.9. The van der Waals surface area contributed by atoms with Gasteiger partial charge in [0.2, 0.25) is 0 Å². The number of imidazole rings is 2. The third kappa shape index (κ3) is 2.62. The van der Waals surface area contributed by atoms with E-state index in [1.54, 1.807) is 41.2 Å². The summed E-state index contributed by atoms with van der Waals surface area (Å²) in [5.74, 6) is 6.17. The van der Waals surface area contributed by atoms with Gasteiger partial charge in [-0.05, 0) is 19.1 Å². The Balaban J connectivity index is 1.85. The first-order valence-corrected chi connectivity index (χ1v) is 8.40. The van der Waals surface area contributed by atoms with Crippen LogP contribution in [-0.4, -0.2) is 43.1 Å². The molecule has 0 aliphatic carbocycles. The van der Waals surface area contributed by atoms with Crippen molar-refractivity contribution in [2.24, 2.45) is 5.84 Å². The van der Waals surface area contributed by atoms with E-state index in [4.69, 9.17) is 5.84 Å². The van der Waals surface area contributed by atoms with Crippen LogP contribution in [-0.2, 0) is 0 Å². The molecule has 10 heteroatoms. The van der Waals surface area contributed by atoms with Gasteiger partial charge in [0.15, 0.2) is 0 Å². The summed E-state index contributed by atoms with van der Waals surface area (Å²) in [5, 5.41) is 22.1. The lowest BCUT2D eigenvalue weighted by Crippen LogP contribution is -2.25. The van der Waals surface area contributed by atoms with Gasteiger partial charge >= 0.3 is 0 Å². The number of hydrogen-bond acceptors (Lipinski definition) is 8. The fourth-order valence-corrected chi connectivity index (χ4v) is 3.06. The highest BCUT2D eigenvalue weighted by Crippen LogP contribution is 2.39. The maximum absolute atomic E-state index is 10.4. The number of nitrogens with one attached hydrogen (secondary N) is 2. The van der Waals surface area contributed by atoms with E-state index < -0.39 is 0 Å². The SMILES string of the molecule is CCNn1cnc2cc(O)c(N(N)c3cc4c(cc3O)ncn4NC)cc21. The van der Waals surface area contributed by atoms with Crippen LogP contribution in [0, 0.1) is 0 Å². The summed E-state index contributed by atoms with van der Waals surface area (Å²) < 4.78 is 3.46. The largest absolute Gasteiger partial charge is 0.506 e. The summed E-state index contributed by atoms with van der Waals surface area (Å²) in [7, 11) is 1.76. The Morgan fingerprint density at radius 3 is 2.00 bits per heavy atom. The Morgan fingerprint density at radius 2 is 1.48 bits per heavy atom. The molecule has 0 bridgehead atoms. The third-order valence-corrected chi connectivity index (χ3v) is 4.38. The van der Waals surface area contributed by atoms with Gasteiger partial charge in [-0.3, -0.25) is 5.01 Å². The standard InChI is InChI=1S/C17H20N8O2/c1-3-22-24-9-21-11-5-17(27)15(7-13(11)24)25(18)14-6-12-10(4-16(14)26)20-8-23(12)19-2/h4-9,19,22,26-27H,3,18H2,1-2H3. The van der Waals surface area contributed by atoms with Crippen LogP contribution in [0.25, 0.3) is 22.1 Å². The van der Waals surface area contributed by atoms with Crippen LogP contribution >= 0.6 is 0 Å². The van der Waals surface area contributed by atoms with Gasteiger partial charge < -0.3 is 21.1 Å². The van der Waals surface area contributed by atoms with E-state index in [-0.39, 0.29) is 11.5 Å². The highest BCUT2D eigenvalue weighted by molar-refractivity contribution is 5.89. The Morgan fingerprint density at radius 1 is 0.963 bits per heavy atom. The molecular weight excluding hydrogens is 348 g/mol. The number of phenols is 2. The molecule has 10 nitrogen and oxygen atoms in total. The fraction of sp³-hybridized carbons (Fsp3) is 0.176. The Labute approximate surface area is 154 Å². The van der Waals surface area contributed by atoms with Crippen molar-refractivity contribution in [1.29, 1.82) is 0 Å². The van der Waals surface area contributed by atoms with E-state index in [1.807, 2.05) is 6.92 Å². The Kier molecular flexibility index (Phi) is 3.89. The van der Waals surface area contributed by atoms with Crippen LogP contribution in [0.1, 0.15) is 6.92 Å². The van der Waals surface area contributed by atoms with Gasteiger partial charge in [0, 0.05) is 25.7 Å². The van der Waals surface area contributed by atoms with Crippen molar-refractivity contribution in [3.63, 3.8) is 0 Å². The molecule has 0 amide bonds. The maximum atomic E-state index is 10.4. The van der Waals surface area contributed by atoms with Crippen molar-refractivity contribution >= 4 is 33.4 Å². The van der Waals surface area contributed by atoms with Gasteiger partial charge in [0.25, 0.3) is 0 Å². The minimum absolute atomic E-state index is 0.0478. The molecule has 0 unspecified atom stereocenters. The molecule has 6 N–H and O–H groups in total. The van der Waals surface area contributed by atoms with Crippen LogP contribution in [0.2, 0.25) is 0 Å². The molecule has 0 fully saturated rings. The van der Waals surface area contributed by atoms with E-state index in [9.17, 15) is 10.2 Å². The number of anilines is 2. The summed E-state index contributed by atoms with van der Waals surface area (Å²) in [6.07, 6.45) is 3.24. The minimum Gasteiger partial charge on any atom is -0.506 e. The number of aromatic hydroxyl groups is 2.